The number of rotatable bonds is 8. The number of nitrogens with one attached hydrogen (secondary N) is 1. The van der Waals surface area contributed by atoms with E-state index in [9.17, 15) is 18.4 Å². The number of amides is 2. The molecule has 5 rings (SSSR count). The third-order valence-corrected chi connectivity index (χ3v) is 7.53. The van der Waals surface area contributed by atoms with Gasteiger partial charge in [-0.3, -0.25) is 9.59 Å². The molecule has 12 heteroatoms. The Morgan fingerprint density at radius 2 is 1.97 bits per heavy atom. The normalized spacial score (nSPS) is 17.3. The predicted molar refractivity (Wildman–Crippen MR) is 136 cm³/mol. The van der Waals surface area contributed by atoms with Crippen molar-refractivity contribution in [3.63, 3.8) is 0 Å². The van der Waals surface area contributed by atoms with E-state index in [2.05, 4.69) is 26.8 Å². The zero-order chi connectivity index (χ0) is 26.2. The van der Waals surface area contributed by atoms with Gasteiger partial charge in [-0.25, -0.2) is 23.7 Å². The first kappa shape index (κ1) is 24.5. The van der Waals surface area contributed by atoms with Gasteiger partial charge in [-0.05, 0) is 37.0 Å². The van der Waals surface area contributed by atoms with E-state index in [1.54, 1.807) is 36.9 Å². The summed E-state index contributed by atoms with van der Waals surface area (Å²) in [6, 6.07) is 7.98. The molecule has 0 radical (unpaired) electrons. The molecule has 9 nitrogen and oxygen atoms in total. The van der Waals surface area contributed by atoms with Crippen molar-refractivity contribution >= 4 is 45.1 Å². The molecule has 0 aliphatic carbocycles. The summed E-state index contributed by atoms with van der Waals surface area (Å²) in [6.07, 6.45) is 6.03. The summed E-state index contributed by atoms with van der Waals surface area (Å²) in [6.45, 7) is 3.64. The van der Waals surface area contributed by atoms with E-state index in [1.807, 2.05) is 4.57 Å². The minimum atomic E-state index is -1.30. The van der Waals surface area contributed by atoms with Crippen molar-refractivity contribution in [1.29, 1.82) is 0 Å². The number of thiazole rings is 1. The number of anilines is 2. The second-order valence-electron chi connectivity index (χ2n) is 8.77. The van der Waals surface area contributed by atoms with Gasteiger partial charge in [0.05, 0.1) is 22.9 Å². The van der Waals surface area contributed by atoms with Crippen molar-refractivity contribution in [2.45, 2.75) is 31.3 Å². The summed E-state index contributed by atoms with van der Waals surface area (Å²) >= 11 is 1.40. The molecule has 0 spiro atoms. The molecular weight excluding hydrogens is 500 g/mol. The van der Waals surface area contributed by atoms with Gasteiger partial charge in [-0.2, -0.15) is 0 Å². The van der Waals surface area contributed by atoms with Gasteiger partial charge in [0.1, 0.15) is 22.7 Å². The Bertz CT molecular complexity index is 1500. The van der Waals surface area contributed by atoms with E-state index >= 15 is 0 Å². The van der Waals surface area contributed by atoms with Crippen LogP contribution < -0.4 is 11.1 Å². The molecule has 4 heterocycles. The molecule has 1 saturated heterocycles. The van der Waals surface area contributed by atoms with Crippen LogP contribution in [0.1, 0.15) is 19.3 Å². The lowest BCUT2D eigenvalue weighted by molar-refractivity contribution is -0.142. The number of halogens is 2. The maximum Gasteiger partial charge on any atom is 0.282 e. The van der Waals surface area contributed by atoms with Crippen LogP contribution in [0, 0.1) is 5.82 Å². The third kappa shape index (κ3) is 4.67. The maximum absolute atomic E-state index is 13.6. The molecular formula is C25H23F2N7O2S. The molecule has 0 bridgehead atoms. The zero-order valence-corrected chi connectivity index (χ0v) is 20.5. The molecule has 1 fully saturated rings. The SMILES string of the molecule is C=C(F)C(=O)N1CCC[C@]1(CCn1cnc2cnc(Nc3ncc(-c4ccc(F)cc4)s3)cc21)C(N)=O. The van der Waals surface area contributed by atoms with E-state index in [0.29, 0.717) is 35.9 Å². The van der Waals surface area contributed by atoms with E-state index < -0.39 is 23.2 Å². The van der Waals surface area contributed by atoms with Crippen LogP contribution in [-0.4, -0.2) is 48.3 Å². The quantitative estimate of drug-likeness (QED) is 0.335. The number of nitrogens with zero attached hydrogens (tertiary/aromatic N) is 5. The standard InChI is InChI=1S/C25H23F2N7O2S/c1-15(26)22(35)34-9-2-7-25(34,23(28)36)8-10-33-14-31-18-12-29-21(11-19(18)33)32-24-30-13-20(37-24)16-3-5-17(27)6-4-16/h3-6,11-14H,1-2,7-10H2,(H2,28,36)(H,29,30,32)/t25-/m0/s1. The number of fused-ring (bicyclic) bond motifs is 1. The lowest BCUT2D eigenvalue weighted by Gasteiger charge is -2.35. The second kappa shape index (κ2) is 9.69. The number of hydrogen-bond donors (Lipinski definition) is 2. The van der Waals surface area contributed by atoms with E-state index in [1.165, 1.54) is 28.4 Å². The number of imidazole rings is 1. The molecule has 37 heavy (non-hydrogen) atoms. The van der Waals surface area contributed by atoms with Gasteiger partial charge in [0.2, 0.25) is 5.91 Å². The largest absolute Gasteiger partial charge is 0.368 e. The lowest BCUT2D eigenvalue weighted by Crippen LogP contribution is -2.56. The average molecular weight is 524 g/mol. The smallest absolute Gasteiger partial charge is 0.282 e. The van der Waals surface area contributed by atoms with Gasteiger partial charge in [0, 0.05) is 25.4 Å². The van der Waals surface area contributed by atoms with Gasteiger partial charge >= 0.3 is 0 Å². The number of benzene rings is 1. The molecule has 1 atom stereocenters. The number of primary amides is 1. The van der Waals surface area contributed by atoms with Crippen LogP contribution in [0.15, 0.2) is 61.5 Å². The Morgan fingerprint density at radius 3 is 2.70 bits per heavy atom. The summed E-state index contributed by atoms with van der Waals surface area (Å²) in [4.78, 5) is 40.0. The third-order valence-electron chi connectivity index (χ3n) is 6.57. The van der Waals surface area contributed by atoms with Gasteiger partial charge in [-0.15, -0.1) is 0 Å². The molecule has 0 saturated carbocycles. The van der Waals surface area contributed by atoms with Crippen molar-refractivity contribution < 1.29 is 18.4 Å². The molecule has 0 unspecified atom stereocenters. The molecule has 1 aliphatic heterocycles. The molecule has 190 valence electrons. The fourth-order valence-electron chi connectivity index (χ4n) is 4.66. The molecule has 1 aromatic carbocycles. The first-order chi connectivity index (χ1) is 17.8. The second-order valence-corrected chi connectivity index (χ2v) is 9.80. The van der Waals surface area contributed by atoms with Crippen molar-refractivity contribution in [2.24, 2.45) is 5.73 Å². The van der Waals surface area contributed by atoms with Crippen molar-refractivity contribution in [1.82, 2.24) is 24.4 Å². The highest BCUT2D eigenvalue weighted by Gasteiger charge is 2.48. The van der Waals surface area contributed by atoms with Crippen LogP contribution >= 0.6 is 11.3 Å². The summed E-state index contributed by atoms with van der Waals surface area (Å²) in [7, 11) is 0. The summed E-state index contributed by atoms with van der Waals surface area (Å²) in [5, 5.41) is 3.78. The van der Waals surface area contributed by atoms with Crippen LogP contribution in [0.4, 0.5) is 19.7 Å². The van der Waals surface area contributed by atoms with Crippen LogP contribution in [0.2, 0.25) is 0 Å². The average Bonchev–Trinajstić information content (AvgIpc) is 3.61. The number of pyridine rings is 1. The van der Waals surface area contributed by atoms with Gasteiger partial charge in [-0.1, -0.05) is 30.0 Å². The number of carbonyl (C=O) groups is 2. The molecule has 3 aromatic heterocycles. The number of aryl methyl sites for hydroxylation is 1. The van der Waals surface area contributed by atoms with E-state index in [4.69, 9.17) is 5.73 Å². The fourth-order valence-corrected chi connectivity index (χ4v) is 5.49. The number of aromatic nitrogens is 4. The molecule has 4 aromatic rings. The topological polar surface area (TPSA) is 119 Å². The van der Waals surface area contributed by atoms with Crippen LogP contribution in [0.25, 0.3) is 21.5 Å². The van der Waals surface area contributed by atoms with Crippen molar-refractivity contribution in [3.05, 3.63) is 67.3 Å². The Hall–Kier alpha value is -4.19. The zero-order valence-electron chi connectivity index (χ0n) is 19.7. The van der Waals surface area contributed by atoms with Crippen LogP contribution in [-0.2, 0) is 16.1 Å². The summed E-state index contributed by atoms with van der Waals surface area (Å²) in [5.74, 6) is -2.47. The first-order valence-corrected chi connectivity index (χ1v) is 12.3. The number of hydrogen-bond acceptors (Lipinski definition) is 7. The Morgan fingerprint density at radius 1 is 1.19 bits per heavy atom. The van der Waals surface area contributed by atoms with Crippen LogP contribution in [0.5, 0.6) is 0 Å². The number of likely N-dealkylation sites (tertiary alicyclic amines) is 1. The van der Waals surface area contributed by atoms with E-state index in [0.717, 1.165) is 16.0 Å². The van der Waals surface area contributed by atoms with Gasteiger partial charge < -0.3 is 20.5 Å². The highest BCUT2D eigenvalue weighted by atomic mass is 32.1. The Labute approximate surface area is 214 Å². The van der Waals surface area contributed by atoms with Crippen LogP contribution in [0.3, 0.4) is 0 Å². The highest BCUT2D eigenvalue weighted by molar-refractivity contribution is 7.18. The molecule has 3 N–H and O–H groups in total. The number of carbonyl (C=O) groups excluding carboxylic acids is 2. The van der Waals surface area contributed by atoms with Gasteiger partial charge in [0.25, 0.3) is 5.91 Å². The first-order valence-electron chi connectivity index (χ1n) is 11.5. The minimum absolute atomic E-state index is 0.200. The van der Waals surface area contributed by atoms with Crippen molar-refractivity contribution in [3.8, 4) is 10.4 Å². The lowest BCUT2D eigenvalue weighted by atomic mass is 9.90. The van der Waals surface area contributed by atoms with Gasteiger partial charge in [0.15, 0.2) is 11.0 Å². The summed E-state index contributed by atoms with van der Waals surface area (Å²) in [5.41, 5.74) is 6.67. The fraction of sp³-hybridized carbons (Fsp3) is 0.240. The number of nitrogens with two attached hydrogens (primary N) is 1. The monoisotopic (exact) mass is 523 g/mol. The van der Waals surface area contributed by atoms with E-state index in [-0.39, 0.29) is 18.8 Å². The maximum atomic E-state index is 13.6. The highest BCUT2D eigenvalue weighted by Crippen LogP contribution is 2.35. The molecule has 2 amide bonds. The molecule has 1 aliphatic rings. The predicted octanol–water partition coefficient (Wildman–Crippen LogP) is 4.16. The Balaban J connectivity index is 1.35. The summed E-state index contributed by atoms with van der Waals surface area (Å²) < 4.78 is 28.7. The van der Waals surface area contributed by atoms with Crippen molar-refractivity contribution in [2.75, 3.05) is 11.9 Å². The minimum Gasteiger partial charge on any atom is -0.368 e. The Kier molecular flexibility index (Phi) is 6.42.